The topological polar surface area (TPSA) is 93.1 Å². The highest BCUT2D eigenvalue weighted by Crippen LogP contribution is 2.69. The van der Waals surface area contributed by atoms with E-state index in [-0.39, 0.29) is 35.6 Å². The van der Waals surface area contributed by atoms with Crippen LogP contribution >= 0.6 is 0 Å². The molecule has 0 radical (unpaired) electrons. The predicted octanol–water partition coefficient (Wildman–Crippen LogP) is 13.6. The van der Waals surface area contributed by atoms with E-state index < -0.39 is 24.4 Å². The van der Waals surface area contributed by atoms with Crippen molar-refractivity contribution in [1.29, 1.82) is 0 Å². The third-order valence-corrected chi connectivity index (χ3v) is 21.8. The molecule has 0 saturated heterocycles. The molecule has 2 N–H and O–H groups in total. The van der Waals surface area contributed by atoms with Crippen LogP contribution in [0.3, 0.4) is 0 Å². The largest absolute Gasteiger partial charge is 0.461 e. The first-order chi connectivity index (χ1) is 30.3. The van der Waals surface area contributed by atoms with Crippen molar-refractivity contribution < 1.29 is 29.3 Å². The van der Waals surface area contributed by atoms with Crippen molar-refractivity contribution >= 4 is 11.9 Å². The molecule has 18 atom stereocenters. The molecule has 0 bridgehead atoms. The van der Waals surface area contributed by atoms with Crippen molar-refractivity contribution in [3.05, 3.63) is 23.3 Å². The average molecular weight is 887 g/mol. The summed E-state index contributed by atoms with van der Waals surface area (Å²) in [6.45, 7) is 24.4. The summed E-state index contributed by atoms with van der Waals surface area (Å²) in [4.78, 5) is 27.8. The van der Waals surface area contributed by atoms with Gasteiger partial charge < -0.3 is 19.7 Å². The highest BCUT2D eigenvalue weighted by molar-refractivity contribution is 5.78. The molecule has 6 saturated carbocycles. The van der Waals surface area contributed by atoms with Gasteiger partial charge in [0.1, 0.15) is 12.2 Å². The Morgan fingerprint density at radius 1 is 0.578 bits per heavy atom. The molecule has 8 aliphatic rings. The second-order valence-electron chi connectivity index (χ2n) is 26.0. The highest BCUT2D eigenvalue weighted by atomic mass is 16.6. The minimum atomic E-state index is -0.527. The number of carbonyl (C=O) groups is 2. The fourth-order valence-electron chi connectivity index (χ4n) is 18.4. The van der Waals surface area contributed by atoms with E-state index in [1.165, 1.54) is 88.2 Å². The van der Waals surface area contributed by atoms with E-state index >= 15 is 0 Å². The van der Waals surface area contributed by atoms with Crippen molar-refractivity contribution in [1.82, 2.24) is 0 Å². The van der Waals surface area contributed by atoms with Gasteiger partial charge in [-0.1, -0.05) is 131 Å². The summed E-state index contributed by atoms with van der Waals surface area (Å²) in [5.41, 5.74) is 2.71. The summed E-state index contributed by atoms with van der Waals surface area (Å²) >= 11 is 0. The lowest BCUT2D eigenvalue weighted by atomic mass is 9.46. The van der Waals surface area contributed by atoms with Crippen molar-refractivity contribution in [2.75, 3.05) is 0 Å². The summed E-state index contributed by atoms with van der Waals surface area (Å²) in [6.07, 6.45) is 25.4. The summed E-state index contributed by atoms with van der Waals surface area (Å²) in [5.74, 6) is 7.29. The maximum absolute atomic E-state index is 13.9. The van der Waals surface area contributed by atoms with Gasteiger partial charge in [-0.15, -0.1) is 0 Å². The van der Waals surface area contributed by atoms with E-state index in [9.17, 15) is 19.8 Å². The predicted molar refractivity (Wildman–Crippen MR) is 258 cm³/mol. The Labute approximate surface area is 390 Å². The Hall–Kier alpha value is -1.66. The van der Waals surface area contributed by atoms with E-state index in [0.29, 0.717) is 72.0 Å². The van der Waals surface area contributed by atoms with Gasteiger partial charge in [0.05, 0.1) is 25.0 Å². The van der Waals surface area contributed by atoms with Gasteiger partial charge in [0, 0.05) is 23.7 Å². The zero-order chi connectivity index (χ0) is 45.9. The second-order valence-corrected chi connectivity index (χ2v) is 26.0. The molecule has 2 unspecified atom stereocenters. The monoisotopic (exact) mass is 887 g/mol. The quantitative estimate of drug-likeness (QED) is 0.126. The molecule has 6 fully saturated rings. The number of aliphatic hydroxyl groups excluding tert-OH is 2. The zero-order valence-electron chi connectivity index (χ0n) is 42.5. The van der Waals surface area contributed by atoms with Crippen molar-refractivity contribution in [3.8, 4) is 0 Å². The normalized spacial score (nSPS) is 44.6. The van der Waals surface area contributed by atoms with Gasteiger partial charge in [-0.3, -0.25) is 9.59 Å². The van der Waals surface area contributed by atoms with Gasteiger partial charge in [0.15, 0.2) is 0 Å². The Morgan fingerprint density at radius 2 is 0.969 bits per heavy atom. The molecule has 8 rings (SSSR count). The number of esters is 2. The lowest BCUT2D eigenvalue weighted by Gasteiger charge is -2.60. The summed E-state index contributed by atoms with van der Waals surface area (Å²) < 4.78 is 13.0. The SMILES string of the molecule is CC(C)CCC[C@@H](C)[C@H]1CC[C@H]2[C@@H]3CC=C4C[C@H](O)CC(OC(=O)CCC(=O)OC5C[C@@H](O)CC6=CC[C@H]7[C@@H]8CC[C@H]([C@H](C)CCCC(C)C)[C@@]8(C)CC[C@@H]7[C@]65C)[C@]4(C)[C@H]3CC[C@]12C. The molecule has 0 amide bonds. The third kappa shape index (κ3) is 8.81. The van der Waals surface area contributed by atoms with Crippen molar-refractivity contribution in [2.45, 2.75) is 235 Å². The maximum atomic E-state index is 13.9. The van der Waals surface area contributed by atoms with Crippen molar-refractivity contribution in [2.24, 2.45) is 92.7 Å². The molecular formula is C58H94O6. The molecule has 8 aliphatic carbocycles. The number of hydrogen-bond donors (Lipinski definition) is 2. The van der Waals surface area contributed by atoms with Gasteiger partial charge in [-0.25, -0.2) is 0 Å². The van der Waals surface area contributed by atoms with Crippen molar-refractivity contribution in [3.63, 3.8) is 0 Å². The minimum Gasteiger partial charge on any atom is -0.461 e. The lowest BCUT2D eigenvalue weighted by molar-refractivity contribution is -0.175. The van der Waals surface area contributed by atoms with Crippen LogP contribution < -0.4 is 0 Å². The van der Waals surface area contributed by atoms with Gasteiger partial charge in [-0.2, -0.15) is 0 Å². The van der Waals surface area contributed by atoms with Crippen LogP contribution in [0.25, 0.3) is 0 Å². The Bertz CT molecular complexity index is 1610. The van der Waals surface area contributed by atoms with Crippen LogP contribution in [0.15, 0.2) is 23.3 Å². The molecule has 362 valence electrons. The van der Waals surface area contributed by atoms with Crippen LogP contribution in [-0.2, 0) is 19.1 Å². The minimum absolute atomic E-state index is 0.0242. The molecule has 0 aromatic heterocycles. The molecule has 6 nitrogen and oxygen atoms in total. The third-order valence-electron chi connectivity index (χ3n) is 21.8. The van der Waals surface area contributed by atoms with Crippen LogP contribution in [-0.4, -0.2) is 46.6 Å². The zero-order valence-corrected chi connectivity index (χ0v) is 42.5. The number of carbonyl (C=O) groups excluding carboxylic acids is 2. The number of aliphatic hydroxyl groups is 2. The lowest BCUT2D eigenvalue weighted by Crippen LogP contribution is -2.56. The van der Waals surface area contributed by atoms with E-state index in [2.05, 4.69) is 81.4 Å². The molecule has 0 aliphatic heterocycles. The number of hydrogen-bond acceptors (Lipinski definition) is 6. The van der Waals surface area contributed by atoms with E-state index in [1.807, 2.05) is 0 Å². The average Bonchev–Trinajstić information content (AvgIpc) is 3.77. The first kappa shape index (κ1) is 48.8. The smallest absolute Gasteiger partial charge is 0.306 e. The molecule has 0 aromatic rings. The van der Waals surface area contributed by atoms with Crippen LogP contribution in [0.5, 0.6) is 0 Å². The molecule has 64 heavy (non-hydrogen) atoms. The molecule has 0 heterocycles. The fourth-order valence-corrected chi connectivity index (χ4v) is 18.4. The molecule has 6 heteroatoms. The summed E-state index contributed by atoms with van der Waals surface area (Å²) in [7, 11) is 0. The maximum Gasteiger partial charge on any atom is 0.306 e. The van der Waals surface area contributed by atoms with E-state index in [1.54, 1.807) is 0 Å². The Balaban J connectivity index is 0.899. The van der Waals surface area contributed by atoms with E-state index in [0.717, 1.165) is 61.2 Å². The Morgan fingerprint density at radius 3 is 1.34 bits per heavy atom. The van der Waals surface area contributed by atoms with Gasteiger partial charge in [0.2, 0.25) is 0 Å². The molecule has 0 spiro atoms. The molecule has 0 aromatic carbocycles. The van der Waals surface area contributed by atoms with Crippen LogP contribution in [0.4, 0.5) is 0 Å². The van der Waals surface area contributed by atoms with Gasteiger partial charge >= 0.3 is 11.9 Å². The standard InChI is InChI=1S/C58H94O6/c1-35(2)13-11-15-37(5)45-21-23-47-43-19-17-39-31-41(59)33-51(57(39,9)49(43)27-29-55(45,47)7)63-53(61)25-26-54(62)64-52-34-42(60)32-40-18-20-44-48-24-22-46(38(6)16-12-14-36(3)4)56(48,8)30-28-50(44)58(40,52)10/h17-18,35-38,41-52,59-60H,11-16,19-34H2,1-10H3/t37-,38-,41+,42+,43+,44+,45-,46-,47+,48+,49+,50+,51?,52?,55-,56-,57+,58+/m1/s1. The number of allylic oxidation sites excluding steroid dienone is 2. The highest BCUT2D eigenvalue weighted by Gasteiger charge is 2.64. The second kappa shape index (κ2) is 19.0. The Kier molecular flexibility index (Phi) is 14.5. The van der Waals surface area contributed by atoms with Crippen LogP contribution in [0.1, 0.15) is 210 Å². The number of rotatable bonds is 15. The van der Waals surface area contributed by atoms with Crippen LogP contribution in [0, 0.1) is 92.7 Å². The van der Waals surface area contributed by atoms with Gasteiger partial charge in [-0.05, 0) is 159 Å². The summed E-state index contributed by atoms with van der Waals surface area (Å²) in [5, 5.41) is 22.3. The first-order valence-electron chi connectivity index (χ1n) is 27.4. The molecular weight excluding hydrogens is 793 g/mol. The number of fused-ring (bicyclic) bond motifs is 10. The fraction of sp³-hybridized carbons (Fsp3) is 0.897. The van der Waals surface area contributed by atoms with Crippen LogP contribution in [0.2, 0.25) is 0 Å². The van der Waals surface area contributed by atoms with Gasteiger partial charge in [0.25, 0.3) is 0 Å². The number of ether oxygens (including phenoxy) is 2. The first-order valence-corrected chi connectivity index (χ1v) is 27.4. The summed E-state index contributed by atoms with van der Waals surface area (Å²) in [6, 6.07) is 0. The van der Waals surface area contributed by atoms with E-state index in [4.69, 9.17) is 9.47 Å².